The predicted molar refractivity (Wildman–Crippen MR) is 144 cm³/mol. The summed E-state index contributed by atoms with van der Waals surface area (Å²) in [5.41, 5.74) is -4.70. The lowest BCUT2D eigenvalue weighted by Gasteiger charge is -2.27. The molecule has 1 fully saturated rings. The van der Waals surface area contributed by atoms with E-state index in [0.29, 0.717) is 11.3 Å². The fourth-order valence-corrected chi connectivity index (χ4v) is 4.71. The Morgan fingerprint density at radius 1 is 1.05 bits per heavy atom. The second-order valence-corrected chi connectivity index (χ2v) is 10.8. The van der Waals surface area contributed by atoms with Crippen molar-refractivity contribution < 1.29 is 27.6 Å². The Bertz CT molecular complexity index is 1440. The molecule has 1 aliphatic heterocycles. The standard InChI is InChI=1S/C25H20Cl2F3N5O3S/c1-24(2)21(36)35(15-6-8-16(9-7-15)39-25(28,29)30)23(38)34(24)13-14-10-11-31-19(12-14)33-22(37)32-18-5-3-4-17(26)20(18)27/h3-12H,13H2,1-2H3,(H2,31,32,33,37). The summed E-state index contributed by atoms with van der Waals surface area (Å²) in [6.45, 7) is 3.14. The van der Waals surface area contributed by atoms with Gasteiger partial charge >= 0.3 is 17.6 Å². The first-order valence-electron chi connectivity index (χ1n) is 11.2. The van der Waals surface area contributed by atoms with Crippen LogP contribution in [-0.2, 0) is 11.3 Å². The quantitative estimate of drug-likeness (QED) is 0.228. The average molecular weight is 598 g/mol. The molecule has 3 aromatic rings. The number of urea groups is 2. The molecule has 5 amide bonds. The van der Waals surface area contributed by atoms with Crippen LogP contribution in [0.2, 0.25) is 10.0 Å². The molecule has 8 nitrogen and oxygen atoms in total. The monoisotopic (exact) mass is 597 g/mol. The zero-order valence-electron chi connectivity index (χ0n) is 20.3. The fraction of sp³-hybridized carbons (Fsp3) is 0.200. The Hall–Kier alpha value is -3.48. The summed E-state index contributed by atoms with van der Waals surface area (Å²) in [6.07, 6.45) is 1.43. The van der Waals surface area contributed by atoms with Crippen molar-refractivity contribution in [2.75, 3.05) is 15.5 Å². The summed E-state index contributed by atoms with van der Waals surface area (Å²) >= 11 is 11.8. The van der Waals surface area contributed by atoms with Crippen LogP contribution in [0.3, 0.4) is 0 Å². The van der Waals surface area contributed by atoms with E-state index in [1.807, 2.05) is 0 Å². The van der Waals surface area contributed by atoms with Gasteiger partial charge in [0.15, 0.2) is 0 Å². The molecule has 1 aromatic heterocycles. The van der Waals surface area contributed by atoms with E-state index in [4.69, 9.17) is 23.2 Å². The second-order valence-electron chi connectivity index (χ2n) is 8.84. The van der Waals surface area contributed by atoms with Crippen LogP contribution in [0.4, 0.5) is 40.0 Å². The van der Waals surface area contributed by atoms with E-state index < -0.39 is 29.0 Å². The van der Waals surface area contributed by atoms with E-state index in [1.165, 1.54) is 35.4 Å². The molecule has 39 heavy (non-hydrogen) atoms. The van der Waals surface area contributed by atoms with Crippen LogP contribution in [0.25, 0.3) is 0 Å². The van der Waals surface area contributed by atoms with Crippen molar-refractivity contribution in [3.63, 3.8) is 0 Å². The first kappa shape index (κ1) is 28.5. The van der Waals surface area contributed by atoms with E-state index in [1.54, 1.807) is 44.2 Å². The van der Waals surface area contributed by atoms with Gasteiger partial charge in [0.05, 0.1) is 21.4 Å². The number of hydrogen-bond donors (Lipinski definition) is 2. The van der Waals surface area contributed by atoms with Crippen molar-refractivity contribution in [1.29, 1.82) is 0 Å². The van der Waals surface area contributed by atoms with Crippen LogP contribution in [0, 0.1) is 0 Å². The molecule has 2 heterocycles. The molecule has 4 rings (SSSR count). The number of alkyl halides is 3. The van der Waals surface area contributed by atoms with Crippen molar-refractivity contribution in [3.05, 3.63) is 76.4 Å². The Morgan fingerprint density at radius 2 is 1.74 bits per heavy atom. The minimum atomic E-state index is -4.46. The lowest BCUT2D eigenvalue weighted by molar-refractivity contribution is -0.123. The van der Waals surface area contributed by atoms with E-state index in [9.17, 15) is 27.6 Å². The number of imide groups is 1. The fourth-order valence-electron chi connectivity index (χ4n) is 3.82. The number of nitrogens with one attached hydrogen (secondary N) is 2. The first-order chi connectivity index (χ1) is 18.3. The van der Waals surface area contributed by atoms with Gasteiger partial charge in [0, 0.05) is 17.6 Å². The molecule has 0 spiro atoms. The third kappa shape index (κ3) is 6.40. The summed E-state index contributed by atoms with van der Waals surface area (Å²) in [4.78, 5) is 45.2. The number of amides is 5. The van der Waals surface area contributed by atoms with Crippen molar-refractivity contribution >= 4 is 70.1 Å². The SMILES string of the molecule is CC1(C)C(=O)N(c2ccc(SC(F)(F)F)cc2)C(=O)N1Cc1ccnc(NC(=O)Nc2cccc(Cl)c2Cl)c1. The highest BCUT2D eigenvalue weighted by Crippen LogP contribution is 2.39. The number of thioether (sulfide) groups is 1. The van der Waals surface area contributed by atoms with Crippen molar-refractivity contribution in [2.24, 2.45) is 0 Å². The van der Waals surface area contributed by atoms with Gasteiger partial charge in [-0.15, -0.1) is 0 Å². The first-order valence-corrected chi connectivity index (χ1v) is 12.8. The molecule has 0 aliphatic carbocycles. The van der Waals surface area contributed by atoms with Crippen molar-refractivity contribution in [1.82, 2.24) is 9.88 Å². The van der Waals surface area contributed by atoms with Crippen LogP contribution in [0.5, 0.6) is 0 Å². The molecule has 0 saturated carbocycles. The number of aromatic nitrogens is 1. The normalized spacial score (nSPS) is 15.1. The molecular weight excluding hydrogens is 578 g/mol. The Kier molecular flexibility index (Phi) is 8.01. The smallest absolute Gasteiger partial charge is 0.306 e. The molecule has 1 saturated heterocycles. The number of pyridine rings is 1. The van der Waals surface area contributed by atoms with Crippen molar-refractivity contribution in [2.45, 2.75) is 36.3 Å². The summed E-state index contributed by atoms with van der Waals surface area (Å²) in [5, 5.41) is 5.59. The number of anilines is 3. The van der Waals surface area contributed by atoms with E-state index in [2.05, 4.69) is 15.6 Å². The summed E-state index contributed by atoms with van der Waals surface area (Å²) < 4.78 is 38.0. The van der Waals surface area contributed by atoms with E-state index in [0.717, 1.165) is 4.90 Å². The Labute approximate surface area is 235 Å². The minimum absolute atomic E-state index is 0.00494. The number of benzene rings is 2. The van der Waals surface area contributed by atoms with Crippen LogP contribution in [0.1, 0.15) is 19.4 Å². The second kappa shape index (κ2) is 10.9. The maximum absolute atomic E-state index is 13.3. The van der Waals surface area contributed by atoms with Crippen LogP contribution in [0.15, 0.2) is 65.7 Å². The van der Waals surface area contributed by atoms with Gasteiger partial charge in [-0.25, -0.2) is 19.5 Å². The van der Waals surface area contributed by atoms with E-state index >= 15 is 0 Å². The third-order valence-corrected chi connectivity index (χ3v) is 7.32. The molecule has 0 unspecified atom stereocenters. The molecule has 0 bridgehead atoms. The average Bonchev–Trinajstić information content (AvgIpc) is 3.01. The Morgan fingerprint density at radius 3 is 2.41 bits per heavy atom. The number of hydrogen-bond acceptors (Lipinski definition) is 5. The summed E-state index contributed by atoms with van der Waals surface area (Å²) in [7, 11) is 0. The summed E-state index contributed by atoms with van der Waals surface area (Å²) in [5.74, 6) is -0.359. The number of carbonyl (C=O) groups excluding carboxylic acids is 3. The largest absolute Gasteiger partial charge is 0.446 e. The highest BCUT2D eigenvalue weighted by atomic mass is 35.5. The zero-order valence-corrected chi connectivity index (χ0v) is 22.7. The topological polar surface area (TPSA) is 94.6 Å². The van der Waals surface area contributed by atoms with Crippen LogP contribution in [-0.4, -0.2) is 38.9 Å². The summed E-state index contributed by atoms with van der Waals surface area (Å²) in [6, 6.07) is 11.7. The van der Waals surface area contributed by atoms with Crippen molar-refractivity contribution in [3.8, 4) is 0 Å². The lowest BCUT2D eigenvalue weighted by Crippen LogP contribution is -2.43. The number of carbonyl (C=O) groups is 3. The van der Waals surface area contributed by atoms with Gasteiger partial charge in [0.25, 0.3) is 5.91 Å². The maximum Gasteiger partial charge on any atom is 0.446 e. The van der Waals surface area contributed by atoms with E-state index in [-0.39, 0.29) is 44.8 Å². The molecule has 0 radical (unpaired) electrons. The zero-order chi connectivity index (χ0) is 28.5. The number of rotatable bonds is 6. The van der Waals surface area contributed by atoms with Crippen LogP contribution >= 0.6 is 35.0 Å². The lowest BCUT2D eigenvalue weighted by atomic mass is 10.0. The molecular formula is C25H20Cl2F3N5O3S. The highest BCUT2D eigenvalue weighted by Gasteiger charge is 2.51. The van der Waals surface area contributed by atoms with Gasteiger partial charge in [-0.05, 0) is 79.7 Å². The minimum Gasteiger partial charge on any atom is -0.306 e. The highest BCUT2D eigenvalue weighted by molar-refractivity contribution is 8.00. The van der Waals surface area contributed by atoms with Gasteiger partial charge in [-0.2, -0.15) is 13.2 Å². The van der Waals surface area contributed by atoms with Gasteiger partial charge in [0.1, 0.15) is 11.4 Å². The maximum atomic E-state index is 13.3. The van der Waals surface area contributed by atoms with Gasteiger partial charge < -0.3 is 10.2 Å². The van der Waals surface area contributed by atoms with Gasteiger partial charge in [-0.1, -0.05) is 29.3 Å². The van der Waals surface area contributed by atoms with Crippen LogP contribution < -0.4 is 15.5 Å². The molecule has 2 aromatic carbocycles. The molecule has 1 aliphatic rings. The predicted octanol–water partition coefficient (Wildman–Crippen LogP) is 7.39. The molecule has 14 heteroatoms. The molecule has 0 atom stereocenters. The number of halogens is 5. The van der Waals surface area contributed by atoms with Gasteiger partial charge in [0.2, 0.25) is 0 Å². The molecule has 2 N–H and O–H groups in total. The molecule has 204 valence electrons. The van der Waals surface area contributed by atoms with Gasteiger partial charge in [-0.3, -0.25) is 10.1 Å². The Balaban J connectivity index is 1.48. The number of nitrogens with zero attached hydrogens (tertiary/aromatic N) is 3. The third-order valence-electron chi connectivity index (χ3n) is 5.76.